The quantitative estimate of drug-likeness (QED) is 0.665. The van der Waals surface area contributed by atoms with Gasteiger partial charge in [0, 0.05) is 37.0 Å². The lowest BCUT2D eigenvalue weighted by atomic mass is 9.79. The molecule has 0 N–H and O–H groups in total. The van der Waals surface area contributed by atoms with Gasteiger partial charge in [0.1, 0.15) is 17.0 Å². The average molecular weight is 438 g/mol. The average Bonchev–Trinajstić information content (AvgIpc) is 3.47. The number of anilines is 1. The van der Waals surface area contributed by atoms with Crippen LogP contribution in [-0.4, -0.2) is 60.8 Å². The van der Waals surface area contributed by atoms with Crippen molar-refractivity contribution in [2.24, 2.45) is 5.41 Å². The van der Waals surface area contributed by atoms with Crippen molar-refractivity contribution in [3.05, 3.63) is 35.4 Å². The summed E-state index contributed by atoms with van der Waals surface area (Å²) < 4.78 is 10.6. The summed E-state index contributed by atoms with van der Waals surface area (Å²) >= 11 is 0. The van der Waals surface area contributed by atoms with Gasteiger partial charge in [0.2, 0.25) is 0 Å². The van der Waals surface area contributed by atoms with Gasteiger partial charge in [0.25, 0.3) is 0 Å². The molecule has 1 saturated carbocycles. The third-order valence-electron chi connectivity index (χ3n) is 6.72. The molecular weight excluding hydrogens is 406 g/mol. The van der Waals surface area contributed by atoms with Gasteiger partial charge in [0.05, 0.1) is 12.6 Å². The Labute approximate surface area is 188 Å². The predicted octanol–water partition coefficient (Wildman–Crippen LogP) is 4.35. The second-order valence-electron chi connectivity index (χ2n) is 10.6. The zero-order chi connectivity index (χ0) is 22.7. The van der Waals surface area contributed by atoms with Gasteiger partial charge in [0.15, 0.2) is 0 Å². The second kappa shape index (κ2) is 7.36. The monoisotopic (exact) mass is 437 g/mol. The highest BCUT2D eigenvalue weighted by molar-refractivity contribution is 5.99. The first kappa shape index (κ1) is 21.0. The minimum Gasteiger partial charge on any atom is -0.465 e. The van der Waals surface area contributed by atoms with E-state index in [0.29, 0.717) is 30.4 Å². The smallest absolute Gasteiger partial charge is 0.410 e. The number of esters is 1. The maximum Gasteiger partial charge on any atom is 0.410 e. The number of aromatic nitrogens is 1. The summed E-state index contributed by atoms with van der Waals surface area (Å²) in [7, 11) is 1.41. The number of pyridine rings is 1. The lowest BCUT2D eigenvalue weighted by Gasteiger charge is -2.47. The van der Waals surface area contributed by atoms with Crippen LogP contribution in [0, 0.1) is 5.41 Å². The van der Waals surface area contributed by atoms with Crippen molar-refractivity contribution in [2.75, 3.05) is 38.2 Å². The highest BCUT2D eigenvalue weighted by Crippen LogP contribution is 2.43. The number of methoxy groups -OCH3 is 1. The molecule has 3 aliphatic rings. The molecule has 2 saturated heterocycles. The molecule has 5 rings (SSSR count). The summed E-state index contributed by atoms with van der Waals surface area (Å²) in [6.07, 6.45) is 3.17. The first-order chi connectivity index (χ1) is 15.2. The molecule has 1 aromatic heterocycles. The largest absolute Gasteiger partial charge is 0.465 e. The molecule has 1 aromatic carbocycles. The Morgan fingerprint density at radius 2 is 1.88 bits per heavy atom. The van der Waals surface area contributed by atoms with E-state index in [4.69, 9.17) is 14.5 Å². The fraction of sp³-hybridized carbons (Fsp3) is 0.560. The van der Waals surface area contributed by atoms with Crippen LogP contribution in [-0.2, 0) is 9.47 Å². The number of nitrogens with zero attached hydrogens (tertiary/aromatic N) is 3. The number of amides is 1. The van der Waals surface area contributed by atoms with E-state index < -0.39 is 5.60 Å². The number of rotatable bonds is 3. The SMILES string of the molecule is COC(=O)c1cc2ccc(C3CC3)cc2nc1N1CCC2(CN(C(=O)OC(C)(C)C)C2)C1. The Balaban J connectivity index is 1.38. The first-order valence-corrected chi connectivity index (χ1v) is 11.4. The Bertz CT molecular complexity index is 1080. The summed E-state index contributed by atoms with van der Waals surface area (Å²) in [4.78, 5) is 33.8. The van der Waals surface area contributed by atoms with Crippen LogP contribution >= 0.6 is 0 Å². The number of hydrogen-bond acceptors (Lipinski definition) is 6. The fourth-order valence-electron chi connectivity index (χ4n) is 4.94. The molecule has 0 atom stereocenters. The van der Waals surface area contributed by atoms with Crippen LogP contribution in [0.2, 0.25) is 0 Å². The number of carbonyl (C=O) groups excluding carboxylic acids is 2. The number of likely N-dealkylation sites (tertiary alicyclic amines) is 1. The number of benzene rings is 1. The van der Waals surface area contributed by atoms with Gasteiger partial charge in [-0.3, -0.25) is 0 Å². The minimum atomic E-state index is -0.495. The van der Waals surface area contributed by atoms with Crippen LogP contribution in [0.15, 0.2) is 24.3 Å². The van der Waals surface area contributed by atoms with Crippen LogP contribution in [0.3, 0.4) is 0 Å². The van der Waals surface area contributed by atoms with Crippen LogP contribution in [0.5, 0.6) is 0 Å². The zero-order valence-corrected chi connectivity index (χ0v) is 19.3. The summed E-state index contributed by atoms with van der Waals surface area (Å²) in [5, 5.41) is 0.951. The van der Waals surface area contributed by atoms with E-state index in [1.165, 1.54) is 25.5 Å². The molecule has 1 spiro atoms. The molecule has 0 unspecified atom stereocenters. The van der Waals surface area contributed by atoms with E-state index in [0.717, 1.165) is 30.4 Å². The van der Waals surface area contributed by atoms with Gasteiger partial charge in [-0.1, -0.05) is 12.1 Å². The molecule has 0 radical (unpaired) electrons. The first-order valence-electron chi connectivity index (χ1n) is 11.4. The third-order valence-corrected chi connectivity index (χ3v) is 6.72. The summed E-state index contributed by atoms with van der Waals surface area (Å²) in [5.41, 5.74) is 2.27. The van der Waals surface area contributed by atoms with Gasteiger partial charge >= 0.3 is 12.1 Å². The van der Waals surface area contributed by atoms with E-state index in [1.54, 1.807) is 4.90 Å². The van der Waals surface area contributed by atoms with Crippen molar-refractivity contribution in [3.8, 4) is 0 Å². The molecule has 3 fully saturated rings. The van der Waals surface area contributed by atoms with Crippen molar-refractivity contribution in [3.63, 3.8) is 0 Å². The topological polar surface area (TPSA) is 72.0 Å². The van der Waals surface area contributed by atoms with Crippen molar-refractivity contribution < 1.29 is 19.1 Å². The van der Waals surface area contributed by atoms with E-state index in [9.17, 15) is 9.59 Å². The zero-order valence-electron chi connectivity index (χ0n) is 19.3. The summed E-state index contributed by atoms with van der Waals surface area (Å²) in [6, 6.07) is 8.27. The lowest BCUT2D eigenvalue weighted by Crippen LogP contribution is -2.60. The van der Waals surface area contributed by atoms with Crippen molar-refractivity contribution in [1.82, 2.24) is 9.88 Å². The van der Waals surface area contributed by atoms with E-state index in [2.05, 4.69) is 23.1 Å². The number of carbonyl (C=O) groups is 2. The fourth-order valence-corrected chi connectivity index (χ4v) is 4.94. The van der Waals surface area contributed by atoms with Gasteiger partial charge in [-0.05, 0) is 63.6 Å². The molecule has 1 aliphatic carbocycles. The molecule has 3 heterocycles. The third kappa shape index (κ3) is 3.89. The van der Waals surface area contributed by atoms with Crippen LogP contribution in [0.4, 0.5) is 10.6 Å². The van der Waals surface area contributed by atoms with Crippen molar-refractivity contribution in [1.29, 1.82) is 0 Å². The Kier molecular flexibility index (Phi) is 4.84. The maximum atomic E-state index is 12.6. The highest BCUT2D eigenvalue weighted by Gasteiger charge is 2.51. The maximum absolute atomic E-state index is 12.6. The molecule has 7 nitrogen and oxygen atoms in total. The molecule has 170 valence electrons. The summed E-state index contributed by atoms with van der Waals surface area (Å²) in [5.74, 6) is 0.962. The molecule has 32 heavy (non-hydrogen) atoms. The predicted molar refractivity (Wildman–Crippen MR) is 122 cm³/mol. The van der Waals surface area contributed by atoms with Gasteiger partial charge < -0.3 is 19.3 Å². The van der Waals surface area contributed by atoms with E-state index in [-0.39, 0.29) is 17.5 Å². The van der Waals surface area contributed by atoms with Crippen LogP contribution in [0.1, 0.15) is 61.9 Å². The molecule has 1 amide bonds. The highest BCUT2D eigenvalue weighted by atomic mass is 16.6. The lowest BCUT2D eigenvalue weighted by molar-refractivity contribution is -0.0266. The van der Waals surface area contributed by atoms with Gasteiger partial charge in [-0.15, -0.1) is 0 Å². The number of fused-ring (bicyclic) bond motifs is 1. The van der Waals surface area contributed by atoms with Crippen LogP contribution in [0.25, 0.3) is 10.9 Å². The molecule has 0 bridgehead atoms. The van der Waals surface area contributed by atoms with Crippen molar-refractivity contribution >= 4 is 28.8 Å². The van der Waals surface area contributed by atoms with Crippen LogP contribution < -0.4 is 4.90 Å². The Morgan fingerprint density at radius 3 is 2.53 bits per heavy atom. The Morgan fingerprint density at radius 1 is 1.12 bits per heavy atom. The second-order valence-corrected chi connectivity index (χ2v) is 10.6. The van der Waals surface area contributed by atoms with E-state index in [1.807, 2.05) is 26.8 Å². The molecule has 7 heteroatoms. The van der Waals surface area contributed by atoms with Gasteiger partial charge in [-0.2, -0.15) is 0 Å². The Hall–Kier alpha value is -2.83. The normalized spacial score (nSPS) is 19.9. The minimum absolute atomic E-state index is 0.0246. The molecular formula is C25H31N3O4. The van der Waals surface area contributed by atoms with Gasteiger partial charge in [-0.25, -0.2) is 14.6 Å². The molecule has 2 aromatic rings. The summed E-state index contributed by atoms with van der Waals surface area (Å²) in [6.45, 7) is 8.55. The number of hydrogen-bond donors (Lipinski definition) is 0. The van der Waals surface area contributed by atoms with Crippen molar-refractivity contribution in [2.45, 2.75) is 51.6 Å². The molecule has 2 aliphatic heterocycles. The standard InChI is InChI=1S/C25H31N3O4/c1-24(2,3)32-23(30)28-14-25(15-28)9-10-27(13-25)21-19(22(29)31-4)11-18-8-7-17(16-5-6-16)12-20(18)26-21/h7-8,11-12,16H,5-6,9-10,13-15H2,1-4H3. The number of ether oxygens (including phenoxy) is 2. The van der Waals surface area contributed by atoms with E-state index >= 15 is 0 Å².